The van der Waals surface area contributed by atoms with Crippen LogP contribution in [0.4, 0.5) is 0 Å². The molecule has 1 saturated heterocycles. The SMILES string of the molecule is CC(C)=CCN1CCC(NC(=O)CSc2nnc(-c3ccc(Cl)cc3)o2)CC1. The van der Waals surface area contributed by atoms with E-state index in [1.54, 1.807) is 12.1 Å². The molecule has 6 nitrogen and oxygen atoms in total. The molecule has 1 fully saturated rings. The third-order valence-corrected chi connectivity index (χ3v) is 5.61. The van der Waals surface area contributed by atoms with Crippen molar-refractivity contribution in [3.63, 3.8) is 0 Å². The van der Waals surface area contributed by atoms with E-state index in [1.807, 2.05) is 12.1 Å². The van der Waals surface area contributed by atoms with Gasteiger partial charge in [-0.2, -0.15) is 0 Å². The number of thioether (sulfide) groups is 1. The van der Waals surface area contributed by atoms with Crippen LogP contribution < -0.4 is 5.32 Å². The fraction of sp³-hybridized carbons (Fsp3) is 0.450. The number of allylic oxidation sites excluding steroid dienone is 1. The van der Waals surface area contributed by atoms with Gasteiger partial charge in [-0.05, 0) is 51.0 Å². The van der Waals surface area contributed by atoms with Crippen LogP contribution in [0.15, 0.2) is 45.6 Å². The molecule has 1 N–H and O–H groups in total. The van der Waals surface area contributed by atoms with Crippen molar-refractivity contribution in [2.45, 2.75) is 38.0 Å². The standard InChI is InChI=1S/C20H25ClN4O2S/c1-14(2)7-10-25-11-8-17(9-12-25)22-18(26)13-28-20-24-23-19(27-20)15-3-5-16(21)6-4-15/h3-7,17H,8-13H2,1-2H3,(H,22,26). The van der Waals surface area contributed by atoms with Gasteiger partial charge in [-0.25, -0.2) is 0 Å². The number of carbonyl (C=O) groups excluding carboxylic acids is 1. The van der Waals surface area contributed by atoms with Gasteiger partial charge in [-0.3, -0.25) is 9.69 Å². The number of carbonyl (C=O) groups is 1. The maximum atomic E-state index is 12.2. The van der Waals surface area contributed by atoms with Gasteiger partial charge in [0.1, 0.15) is 0 Å². The van der Waals surface area contributed by atoms with Crippen LogP contribution >= 0.6 is 23.4 Å². The Kier molecular flexibility index (Phi) is 7.53. The Morgan fingerprint density at radius 3 is 2.68 bits per heavy atom. The average molecular weight is 421 g/mol. The molecule has 28 heavy (non-hydrogen) atoms. The van der Waals surface area contributed by atoms with Crippen molar-refractivity contribution in [1.29, 1.82) is 0 Å². The monoisotopic (exact) mass is 420 g/mol. The van der Waals surface area contributed by atoms with Crippen LogP contribution in [0, 0.1) is 0 Å². The van der Waals surface area contributed by atoms with E-state index in [4.69, 9.17) is 16.0 Å². The molecule has 2 aromatic rings. The van der Waals surface area contributed by atoms with Gasteiger partial charge >= 0.3 is 0 Å². The molecule has 0 saturated carbocycles. The summed E-state index contributed by atoms with van der Waals surface area (Å²) >= 11 is 7.14. The van der Waals surface area contributed by atoms with Crippen LogP contribution in [0.25, 0.3) is 11.5 Å². The Morgan fingerprint density at radius 2 is 2.00 bits per heavy atom. The Morgan fingerprint density at radius 1 is 1.29 bits per heavy atom. The van der Waals surface area contributed by atoms with Crippen LogP contribution in [0.5, 0.6) is 0 Å². The number of hydrogen-bond acceptors (Lipinski definition) is 6. The summed E-state index contributed by atoms with van der Waals surface area (Å²) in [5.74, 6) is 0.683. The molecular weight excluding hydrogens is 396 g/mol. The number of nitrogens with zero attached hydrogens (tertiary/aromatic N) is 3. The molecule has 0 atom stereocenters. The largest absolute Gasteiger partial charge is 0.411 e. The van der Waals surface area contributed by atoms with E-state index in [9.17, 15) is 4.79 Å². The van der Waals surface area contributed by atoms with E-state index in [-0.39, 0.29) is 17.7 Å². The summed E-state index contributed by atoms with van der Waals surface area (Å²) in [4.78, 5) is 14.7. The lowest BCUT2D eigenvalue weighted by Gasteiger charge is -2.31. The van der Waals surface area contributed by atoms with Crippen LogP contribution in [-0.2, 0) is 4.79 Å². The normalized spacial score (nSPS) is 15.4. The van der Waals surface area contributed by atoms with Gasteiger partial charge in [0, 0.05) is 36.3 Å². The summed E-state index contributed by atoms with van der Waals surface area (Å²) in [5, 5.41) is 12.2. The van der Waals surface area contributed by atoms with Crippen molar-refractivity contribution in [1.82, 2.24) is 20.4 Å². The van der Waals surface area contributed by atoms with Crippen LogP contribution in [0.2, 0.25) is 5.02 Å². The van der Waals surface area contributed by atoms with E-state index in [2.05, 4.69) is 40.3 Å². The van der Waals surface area contributed by atoms with Crippen molar-refractivity contribution in [3.8, 4) is 11.5 Å². The minimum Gasteiger partial charge on any atom is -0.411 e. The van der Waals surface area contributed by atoms with E-state index >= 15 is 0 Å². The molecule has 150 valence electrons. The number of amides is 1. The Balaban J connectivity index is 1.40. The highest BCUT2D eigenvalue weighted by Gasteiger charge is 2.20. The molecule has 0 radical (unpaired) electrons. The second-order valence-electron chi connectivity index (χ2n) is 7.09. The highest BCUT2D eigenvalue weighted by Crippen LogP contribution is 2.24. The fourth-order valence-corrected chi connectivity index (χ4v) is 3.65. The van der Waals surface area contributed by atoms with Crippen molar-refractivity contribution in [2.75, 3.05) is 25.4 Å². The van der Waals surface area contributed by atoms with Gasteiger partial charge in [0.15, 0.2) is 0 Å². The Labute approximate surface area is 174 Å². The number of benzene rings is 1. The molecule has 1 aliphatic heterocycles. The molecule has 0 bridgehead atoms. The number of likely N-dealkylation sites (tertiary alicyclic amines) is 1. The second kappa shape index (κ2) is 10.1. The lowest BCUT2D eigenvalue weighted by Crippen LogP contribution is -2.45. The molecule has 1 aromatic heterocycles. The molecule has 8 heteroatoms. The van der Waals surface area contributed by atoms with Crippen LogP contribution in [0.1, 0.15) is 26.7 Å². The van der Waals surface area contributed by atoms with Gasteiger partial charge in [-0.15, -0.1) is 10.2 Å². The van der Waals surface area contributed by atoms with Crippen LogP contribution in [0.3, 0.4) is 0 Å². The number of piperidine rings is 1. The first kappa shape index (κ1) is 20.9. The third-order valence-electron chi connectivity index (χ3n) is 4.53. The van der Waals surface area contributed by atoms with Crippen molar-refractivity contribution < 1.29 is 9.21 Å². The van der Waals surface area contributed by atoms with E-state index in [0.29, 0.717) is 16.1 Å². The summed E-state index contributed by atoms with van der Waals surface area (Å²) < 4.78 is 5.62. The quantitative estimate of drug-likeness (QED) is 0.538. The number of aromatic nitrogens is 2. The maximum Gasteiger partial charge on any atom is 0.277 e. The summed E-state index contributed by atoms with van der Waals surface area (Å²) in [6.07, 6.45) is 4.21. The van der Waals surface area contributed by atoms with E-state index in [1.165, 1.54) is 17.3 Å². The van der Waals surface area contributed by atoms with Gasteiger partial charge < -0.3 is 9.73 Å². The third kappa shape index (κ3) is 6.36. The summed E-state index contributed by atoms with van der Waals surface area (Å²) in [6.45, 7) is 7.25. The van der Waals surface area contributed by atoms with Crippen molar-refractivity contribution >= 4 is 29.3 Å². The first-order valence-corrected chi connectivity index (χ1v) is 10.7. The number of nitrogens with one attached hydrogen (secondary N) is 1. The Hall–Kier alpha value is -1.83. The highest BCUT2D eigenvalue weighted by molar-refractivity contribution is 7.99. The first-order chi connectivity index (χ1) is 13.5. The smallest absolute Gasteiger partial charge is 0.277 e. The fourth-order valence-electron chi connectivity index (χ4n) is 2.95. The molecular formula is C20H25ClN4O2S. The molecule has 0 aliphatic carbocycles. The molecule has 1 aromatic carbocycles. The lowest BCUT2D eigenvalue weighted by atomic mass is 10.0. The first-order valence-electron chi connectivity index (χ1n) is 9.37. The number of rotatable bonds is 7. The minimum absolute atomic E-state index is 0.000934. The zero-order chi connectivity index (χ0) is 19.9. The zero-order valence-corrected chi connectivity index (χ0v) is 17.7. The lowest BCUT2D eigenvalue weighted by molar-refractivity contribution is -0.119. The molecule has 1 aliphatic rings. The molecule has 3 rings (SSSR count). The predicted octanol–water partition coefficient (Wildman–Crippen LogP) is 4.03. The van der Waals surface area contributed by atoms with Crippen molar-refractivity contribution in [2.24, 2.45) is 0 Å². The van der Waals surface area contributed by atoms with Crippen LogP contribution in [-0.4, -0.2) is 52.4 Å². The van der Waals surface area contributed by atoms with E-state index in [0.717, 1.165) is 38.0 Å². The minimum atomic E-state index is -0.000934. The molecule has 1 amide bonds. The second-order valence-corrected chi connectivity index (χ2v) is 8.46. The van der Waals surface area contributed by atoms with Crippen molar-refractivity contribution in [3.05, 3.63) is 40.9 Å². The maximum absolute atomic E-state index is 12.2. The molecule has 0 spiro atoms. The Bertz CT molecular complexity index is 810. The predicted molar refractivity (Wildman–Crippen MR) is 113 cm³/mol. The molecule has 2 heterocycles. The zero-order valence-electron chi connectivity index (χ0n) is 16.2. The topological polar surface area (TPSA) is 71.3 Å². The summed E-state index contributed by atoms with van der Waals surface area (Å²) in [7, 11) is 0. The average Bonchev–Trinajstić information content (AvgIpc) is 3.15. The van der Waals surface area contributed by atoms with Gasteiger partial charge in [0.2, 0.25) is 11.8 Å². The summed E-state index contributed by atoms with van der Waals surface area (Å²) in [6, 6.07) is 7.42. The summed E-state index contributed by atoms with van der Waals surface area (Å²) in [5.41, 5.74) is 2.14. The van der Waals surface area contributed by atoms with E-state index < -0.39 is 0 Å². The number of hydrogen-bond donors (Lipinski definition) is 1. The van der Waals surface area contributed by atoms with Gasteiger partial charge in [0.05, 0.1) is 5.75 Å². The molecule has 0 unspecified atom stereocenters. The van der Waals surface area contributed by atoms with Gasteiger partial charge in [-0.1, -0.05) is 35.0 Å². The number of halogens is 1. The van der Waals surface area contributed by atoms with Gasteiger partial charge in [0.25, 0.3) is 5.22 Å². The highest BCUT2D eigenvalue weighted by atomic mass is 35.5.